The third kappa shape index (κ3) is 7.50. The Labute approximate surface area is 264 Å². The second-order valence-electron chi connectivity index (χ2n) is 9.70. The van der Waals surface area contributed by atoms with Crippen molar-refractivity contribution in [1.29, 1.82) is 0 Å². The lowest BCUT2D eigenvalue weighted by Gasteiger charge is -2.20. The second kappa shape index (κ2) is 13.7. The van der Waals surface area contributed by atoms with E-state index in [9.17, 15) is 13.0 Å². The van der Waals surface area contributed by atoms with Crippen LogP contribution in [0.1, 0.15) is 16.4 Å². The van der Waals surface area contributed by atoms with Crippen LogP contribution in [0.4, 0.5) is 40.9 Å². The van der Waals surface area contributed by atoms with Crippen molar-refractivity contribution in [2.75, 3.05) is 16.0 Å². The summed E-state index contributed by atoms with van der Waals surface area (Å²) in [6.45, 7) is 0. The van der Waals surface area contributed by atoms with Gasteiger partial charge in [0.2, 0.25) is 17.8 Å². The molecule has 6 rings (SSSR count). The molecule has 2 aromatic heterocycles. The Hall–Kier alpha value is -6.12. The number of hydrogen-bond donors (Lipinski definition) is 4. The summed E-state index contributed by atoms with van der Waals surface area (Å²) >= 11 is 0. The topological polar surface area (TPSA) is 180 Å². The number of anilines is 6. The SMILES string of the molecule is O=S(=O)(O)C(C(=Nc1ncnc(Nc2ccccc2)n1)c1ccccc1Nc1ncnc(Nc2ccccc2)n1)c1ccccc1. The summed E-state index contributed by atoms with van der Waals surface area (Å²) in [7, 11) is -4.77. The maximum absolute atomic E-state index is 13.1. The summed E-state index contributed by atoms with van der Waals surface area (Å²) in [5.74, 6) is 0.575. The van der Waals surface area contributed by atoms with Gasteiger partial charge in [0.25, 0.3) is 16.1 Å². The lowest BCUT2D eigenvalue weighted by atomic mass is 9.99. The standard InChI is InChI=1S/C32H26N10O3S/c43-46(44,45)28(22-12-4-1-5-13-22)27(40-32-36-21-34-30(42-32)38-24-16-8-3-9-17-24)25-18-10-11-19-26(25)39-31-35-20-33-29(41-31)37-23-14-6-2-7-15-23/h1-21,28H,(H,43,44,45)(H,34,36,38,42)(H2,33,35,37,39,41). The molecule has 4 N–H and O–H groups in total. The quantitative estimate of drug-likeness (QED) is 0.0964. The van der Waals surface area contributed by atoms with Gasteiger partial charge in [-0.25, -0.2) is 19.9 Å². The summed E-state index contributed by atoms with van der Waals surface area (Å²) in [5.41, 5.74) is 2.48. The van der Waals surface area contributed by atoms with E-state index < -0.39 is 15.4 Å². The Morgan fingerprint density at radius 3 is 1.72 bits per heavy atom. The van der Waals surface area contributed by atoms with Gasteiger partial charge in [0.15, 0.2) is 5.25 Å². The largest absolute Gasteiger partial charge is 0.324 e. The van der Waals surface area contributed by atoms with Gasteiger partial charge >= 0.3 is 0 Å². The molecule has 6 aromatic rings. The third-order valence-electron chi connectivity index (χ3n) is 6.51. The molecule has 0 spiro atoms. The fourth-order valence-electron chi connectivity index (χ4n) is 4.52. The summed E-state index contributed by atoms with van der Waals surface area (Å²) < 4.78 is 36.8. The van der Waals surface area contributed by atoms with Gasteiger partial charge < -0.3 is 16.0 Å². The first-order valence-electron chi connectivity index (χ1n) is 13.9. The predicted molar refractivity (Wildman–Crippen MR) is 176 cm³/mol. The molecule has 0 bridgehead atoms. The number of hydrogen-bond acceptors (Lipinski definition) is 12. The van der Waals surface area contributed by atoms with Crippen LogP contribution < -0.4 is 16.0 Å². The molecule has 14 heteroatoms. The summed E-state index contributed by atoms with van der Waals surface area (Å²) in [6.07, 6.45) is 2.60. The zero-order valence-electron chi connectivity index (χ0n) is 24.0. The van der Waals surface area contributed by atoms with E-state index in [4.69, 9.17) is 0 Å². The van der Waals surface area contributed by atoms with Gasteiger partial charge in [-0.3, -0.25) is 4.55 Å². The maximum Gasteiger partial charge on any atom is 0.277 e. The first-order valence-corrected chi connectivity index (χ1v) is 15.4. The van der Waals surface area contributed by atoms with Gasteiger partial charge in [-0.1, -0.05) is 84.9 Å². The van der Waals surface area contributed by atoms with E-state index in [1.54, 1.807) is 54.6 Å². The van der Waals surface area contributed by atoms with Crippen molar-refractivity contribution in [1.82, 2.24) is 29.9 Å². The fraction of sp³-hybridized carbons (Fsp3) is 0.0312. The maximum atomic E-state index is 13.1. The number of aliphatic imine (C=N–C) groups is 1. The molecule has 1 unspecified atom stereocenters. The molecule has 13 nitrogen and oxygen atoms in total. The molecule has 0 radical (unpaired) electrons. The highest BCUT2D eigenvalue weighted by Crippen LogP contribution is 2.32. The summed E-state index contributed by atoms with van der Waals surface area (Å²) in [6, 6.07) is 33.8. The number of rotatable bonds is 11. The smallest absolute Gasteiger partial charge is 0.277 e. The number of nitrogens with one attached hydrogen (secondary N) is 3. The molecule has 0 amide bonds. The highest BCUT2D eigenvalue weighted by molar-refractivity contribution is 7.86. The molecule has 0 aliphatic carbocycles. The van der Waals surface area contributed by atoms with Crippen molar-refractivity contribution in [3.63, 3.8) is 0 Å². The second-order valence-corrected chi connectivity index (χ2v) is 11.2. The highest BCUT2D eigenvalue weighted by atomic mass is 32.2. The molecule has 46 heavy (non-hydrogen) atoms. The van der Waals surface area contributed by atoms with E-state index in [0.29, 0.717) is 17.2 Å². The van der Waals surface area contributed by atoms with Crippen LogP contribution in [0.25, 0.3) is 0 Å². The summed E-state index contributed by atoms with van der Waals surface area (Å²) in [4.78, 5) is 30.3. The molecule has 228 valence electrons. The molecule has 2 heterocycles. The highest BCUT2D eigenvalue weighted by Gasteiger charge is 2.33. The van der Waals surface area contributed by atoms with E-state index in [1.165, 1.54) is 12.7 Å². The van der Waals surface area contributed by atoms with E-state index >= 15 is 0 Å². The van der Waals surface area contributed by atoms with Gasteiger partial charge in [-0.15, -0.1) is 0 Å². The molecule has 0 saturated heterocycles. The number of aromatic nitrogens is 6. The minimum atomic E-state index is -4.77. The van der Waals surface area contributed by atoms with Gasteiger partial charge in [-0.2, -0.15) is 23.4 Å². The average Bonchev–Trinajstić information content (AvgIpc) is 3.06. The molecule has 1 atom stereocenters. The number of benzene rings is 4. The van der Waals surface area contributed by atoms with Gasteiger partial charge in [0.05, 0.1) is 11.4 Å². The van der Waals surface area contributed by atoms with E-state index in [0.717, 1.165) is 11.4 Å². The molecule has 0 fully saturated rings. The zero-order valence-corrected chi connectivity index (χ0v) is 24.8. The summed E-state index contributed by atoms with van der Waals surface area (Å²) in [5, 5.41) is 7.73. The van der Waals surface area contributed by atoms with Crippen molar-refractivity contribution in [2.24, 2.45) is 4.99 Å². The van der Waals surface area contributed by atoms with Crippen molar-refractivity contribution in [2.45, 2.75) is 5.25 Å². The van der Waals surface area contributed by atoms with E-state index in [1.807, 2.05) is 60.7 Å². The lowest BCUT2D eigenvalue weighted by Crippen LogP contribution is -2.24. The molecule has 4 aromatic carbocycles. The van der Waals surface area contributed by atoms with Crippen LogP contribution in [-0.2, 0) is 10.1 Å². The van der Waals surface area contributed by atoms with Crippen LogP contribution in [0.2, 0.25) is 0 Å². The lowest BCUT2D eigenvalue weighted by molar-refractivity contribution is 0.478. The molecule has 0 aliphatic heterocycles. The van der Waals surface area contributed by atoms with Crippen LogP contribution in [-0.4, -0.2) is 48.6 Å². The Bertz CT molecular complexity index is 2070. The van der Waals surface area contributed by atoms with E-state index in [-0.39, 0.29) is 29.1 Å². The zero-order chi connectivity index (χ0) is 31.8. The Kier molecular flexibility index (Phi) is 8.90. The van der Waals surface area contributed by atoms with Crippen LogP contribution >= 0.6 is 0 Å². The van der Waals surface area contributed by atoms with Gasteiger partial charge in [0.1, 0.15) is 12.7 Å². The minimum absolute atomic E-state index is 0.0506. The normalized spacial score (nSPS) is 12.2. The molecular formula is C32H26N10O3S. The van der Waals surface area contributed by atoms with Crippen molar-refractivity contribution < 1.29 is 13.0 Å². The number of para-hydroxylation sites is 3. The molecule has 0 saturated carbocycles. The van der Waals surface area contributed by atoms with Crippen molar-refractivity contribution >= 4 is 56.7 Å². The Morgan fingerprint density at radius 1 is 0.609 bits per heavy atom. The van der Waals surface area contributed by atoms with Crippen LogP contribution in [0.5, 0.6) is 0 Å². The molecular weight excluding hydrogens is 604 g/mol. The molecule has 0 aliphatic rings. The minimum Gasteiger partial charge on any atom is -0.324 e. The van der Waals surface area contributed by atoms with Crippen molar-refractivity contribution in [3.05, 3.63) is 139 Å². The van der Waals surface area contributed by atoms with Crippen LogP contribution in [0, 0.1) is 0 Å². The fourth-order valence-corrected chi connectivity index (χ4v) is 5.49. The van der Waals surface area contributed by atoms with Crippen LogP contribution in [0.15, 0.2) is 133 Å². The number of nitrogens with zero attached hydrogens (tertiary/aromatic N) is 7. The third-order valence-corrected chi connectivity index (χ3v) is 7.60. The van der Waals surface area contributed by atoms with Crippen LogP contribution in [0.3, 0.4) is 0 Å². The Morgan fingerprint density at radius 2 is 1.11 bits per heavy atom. The van der Waals surface area contributed by atoms with Crippen molar-refractivity contribution in [3.8, 4) is 0 Å². The van der Waals surface area contributed by atoms with E-state index in [2.05, 4.69) is 50.8 Å². The first kappa shape index (κ1) is 29.9. The van der Waals surface area contributed by atoms with Gasteiger partial charge in [-0.05, 0) is 35.9 Å². The van der Waals surface area contributed by atoms with Gasteiger partial charge in [0, 0.05) is 16.9 Å². The Balaban J connectivity index is 1.43. The average molecular weight is 631 g/mol. The predicted octanol–water partition coefficient (Wildman–Crippen LogP) is 6.04. The monoisotopic (exact) mass is 630 g/mol. The first-order chi connectivity index (χ1) is 22.4.